The number of aromatic nitrogens is 3. The lowest BCUT2D eigenvalue weighted by atomic mass is 10.0. The molecule has 3 nitrogen and oxygen atoms in total. The summed E-state index contributed by atoms with van der Waals surface area (Å²) >= 11 is 6.12. The number of benzene rings is 4. The van der Waals surface area contributed by atoms with Gasteiger partial charge in [-0.25, -0.2) is 15.0 Å². The van der Waals surface area contributed by atoms with Gasteiger partial charge in [-0.2, -0.15) is 0 Å². The third-order valence-corrected chi connectivity index (χ3v) is 5.36. The van der Waals surface area contributed by atoms with E-state index in [0.717, 1.165) is 32.8 Å². The Bertz CT molecular complexity index is 1320. The van der Waals surface area contributed by atoms with Gasteiger partial charge in [0.25, 0.3) is 0 Å². The highest BCUT2D eigenvalue weighted by Crippen LogP contribution is 2.27. The molecule has 4 aromatic carbocycles. The molecule has 1 heterocycles. The Hall–Kier alpha value is -3.82. The Labute approximate surface area is 186 Å². The number of nitrogens with zero attached hydrogens (tertiary/aromatic N) is 3. The van der Waals surface area contributed by atoms with Crippen molar-refractivity contribution < 1.29 is 0 Å². The first-order valence-electron chi connectivity index (χ1n) is 9.97. The van der Waals surface area contributed by atoms with Crippen molar-refractivity contribution in [2.75, 3.05) is 0 Å². The molecule has 1 aromatic heterocycles. The smallest absolute Gasteiger partial charge is 0.163 e. The summed E-state index contributed by atoms with van der Waals surface area (Å²) in [4.78, 5) is 13.4. The van der Waals surface area contributed by atoms with Gasteiger partial charge in [-0.15, -0.1) is 0 Å². The number of rotatable bonds is 4. The zero-order valence-electron chi connectivity index (χ0n) is 16.6. The molecular weight excluding hydrogens is 402 g/mol. The van der Waals surface area contributed by atoms with Crippen LogP contribution in [0.1, 0.15) is 0 Å². The van der Waals surface area contributed by atoms with E-state index >= 15 is 0 Å². The van der Waals surface area contributed by atoms with Crippen LogP contribution < -0.4 is 0 Å². The van der Waals surface area contributed by atoms with Gasteiger partial charge in [0.15, 0.2) is 11.6 Å². The molecule has 0 fully saturated rings. The molecule has 4 heteroatoms. The summed E-state index contributed by atoms with van der Waals surface area (Å²) in [5.41, 5.74) is 6.42. The van der Waals surface area contributed by atoms with Crippen molar-refractivity contribution in [2.24, 2.45) is 0 Å². The van der Waals surface area contributed by atoms with Gasteiger partial charge in [0.1, 0.15) is 6.33 Å². The van der Waals surface area contributed by atoms with Gasteiger partial charge in [-0.1, -0.05) is 103 Å². The lowest BCUT2D eigenvalue weighted by molar-refractivity contribution is 1.07. The zero-order valence-corrected chi connectivity index (χ0v) is 17.4. The molecule has 0 aliphatic carbocycles. The van der Waals surface area contributed by atoms with Crippen molar-refractivity contribution in [3.8, 4) is 45.0 Å². The minimum Gasteiger partial charge on any atom is -0.217 e. The van der Waals surface area contributed by atoms with E-state index in [1.165, 1.54) is 5.56 Å². The topological polar surface area (TPSA) is 38.7 Å². The van der Waals surface area contributed by atoms with E-state index in [1.807, 2.05) is 66.7 Å². The van der Waals surface area contributed by atoms with E-state index in [4.69, 9.17) is 11.6 Å². The predicted molar refractivity (Wildman–Crippen MR) is 127 cm³/mol. The van der Waals surface area contributed by atoms with Crippen molar-refractivity contribution >= 4 is 11.6 Å². The number of hydrogen-bond acceptors (Lipinski definition) is 3. The van der Waals surface area contributed by atoms with Crippen molar-refractivity contribution in [1.29, 1.82) is 0 Å². The number of halogens is 1. The van der Waals surface area contributed by atoms with Gasteiger partial charge in [0.05, 0.1) is 0 Å². The van der Waals surface area contributed by atoms with Crippen LogP contribution in [0.4, 0.5) is 0 Å². The maximum absolute atomic E-state index is 6.12. The first-order chi connectivity index (χ1) is 15.3. The average molecular weight is 420 g/mol. The standard InChI is InChI=1S/C27H18ClN3/c28-25-8-4-7-24(17-25)21-11-15-23(16-12-21)27-30-18-29-26(31-27)22-13-9-20(10-14-22)19-5-2-1-3-6-19/h1-18H. The second-order valence-corrected chi connectivity index (χ2v) is 7.60. The molecule has 0 bridgehead atoms. The van der Waals surface area contributed by atoms with E-state index < -0.39 is 0 Å². The second kappa shape index (κ2) is 8.50. The van der Waals surface area contributed by atoms with Gasteiger partial charge in [0.2, 0.25) is 0 Å². The molecule has 31 heavy (non-hydrogen) atoms. The van der Waals surface area contributed by atoms with Crippen LogP contribution in [0.15, 0.2) is 109 Å². The molecule has 0 atom stereocenters. The fourth-order valence-corrected chi connectivity index (χ4v) is 3.69. The van der Waals surface area contributed by atoms with Gasteiger partial charge in [-0.3, -0.25) is 0 Å². The van der Waals surface area contributed by atoms with Gasteiger partial charge < -0.3 is 0 Å². The molecule has 0 spiro atoms. The van der Waals surface area contributed by atoms with Gasteiger partial charge in [-0.05, 0) is 34.4 Å². The third-order valence-electron chi connectivity index (χ3n) is 5.12. The lowest BCUT2D eigenvalue weighted by Crippen LogP contribution is -1.95. The first-order valence-corrected chi connectivity index (χ1v) is 10.4. The molecule has 148 valence electrons. The minimum atomic E-state index is 0.648. The van der Waals surface area contributed by atoms with Crippen LogP contribution in [-0.2, 0) is 0 Å². The quantitative estimate of drug-likeness (QED) is 0.309. The van der Waals surface area contributed by atoms with Crippen LogP contribution >= 0.6 is 11.6 Å². The SMILES string of the molecule is Clc1cccc(-c2ccc(-c3ncnc(-c4ccc(-c5ccccc5)cc4)n3)cc2)c1. The van der Waals surface area contributed by atoms with Crippen LogP contribution in [-0.4, -0.2) is 15.0 Å². The summed E-state index contributed by atoms with van der Waals surface area (Å²) in [6.45, 7) is 0. The van der Waals surface area contributed by atoms with Crippen molar-refractivity contribution in [1.82, 2.24) is 15.0 Å². The predicted octanol–water partition coefficient (Wildman–Crippen LogP) is 7.19. The zero-order chi connectivity index (χ0) is 21.0. The van der Waals surface area contributed by atoms with E-state index in [9.17, 15) is 0 Å². The normalized spacial score (nSPS) is 10.7. The Kier molecular flexibility index (Phi) is 5.26. The summed E-state index contributed by atoms with van der Waals surface area (Å²) in [5, 5.41) is 0.724. The number of hydrogen-bond donors (Lipinski definition) is 0. The Morgan fingerprint density at radius 3 is 1.52 bits per heavy atom. The molecule has 0 saturated carbocycles. The largest absolute Gasteiger partial charge is 0.217 e. The van der Waals surface area contributed by atoms with E-state index in [0.29, 0.717) is 11.6 Å². The Morgan fingerprint density at radius 1 is 0.452 bits per heavy atom. The molecule has 0 radical (unpaired) electrons. The van der Waals surface area contributed by atoms with Gasteiger partial charge >= 0.3 is 0 Å². The van der Waals surface area contributed by atoms with Crippen molar-refractivity contribution in [2.45, 2.75) is 0 Å². The maximum atomic E-state index is 6.12. The van der Waals surface area contributed by atoms with Crippen LogP contribution in [0, 0.1) is 0 Å². The maximum Gasteiger partial charge on any atom is 0.163 e. The fourth-order valence-electron chi connectivity index (χ4n) is 3.50. The summed E-state index contributed by atoms with van der Waals surface area (Å²) in [6.07, 6.45) is 1.56. The molecule has 0 aliphatic heterocycles. The summed E-state index contributed by atoms with van der Waals surface area (Å²) in [6, 6.07) is 34.5. The molecule has 0 aliphatic rings. The van der Waals surface area contributed by atoms with Crippen LogP contribution in [0.25, 0.3) is 45.0 Å². The van der Waals surface area contributed by atoms with Crippen LogP contribution in [0.2, 0.25) is 5.02 Å². The van der Waals surface area contributed by atoms with Crippen LogP contribution in [0.3, 0.4) is 0 Å². The fraction of sp³-hybridized carbons (Fsp3) is 0. The van der Waals surface area contributed by atoms with Crippen molar-refractivity contribution in [3.63, 3.8) is 0 Å². The summed E-state index contributed by atoms with van der Waals surface area (Å²) in [5.74, 6) is 1.30. The minimum absolute atomic E-state index is 0.648. The molecule has 0 amide bonds. The monoisotopic (exact) mass is 419 g/mol. The molecule has 5 rings (SSSR count). The highest BCUT2D eigenvalue weighted by molar-refractivity contribution is 6.30. The average Bonchev–Trinajstić information content (AvgIpc) is 2.85. The first kappa shape index (κ1) is 19.2. The molecule has 0 saturated heterocycles. The lowest BCUT2D eigenvalue weighted by Gasteiger charge is -2.07. The molecule has 0 N–H and O–H groups in total. The third kappa shape index (κ3) is 4.23. The van der Waals surface area contributed by atoms with Gasteiger partial charge in [0, 0.05) is 16.1 Å². The Morgan fingerprint density at radius 2 is 0.935 bits per heavy atom. The van der Waals surface area contributed by atoms with Crippen molar-refractivity contribution in [3.05, 3.63) is 114 Å². The summed E-state index contributed by atoms with van der Waals surface area (Å²) in [7, 11) is 0. The highest BCUT2D eigenvalue weighted by Gasteiger charge is 2.08. The van der Waals surface area contributed by atoms with E-state index in [1.54, 1.807) is 6.33 Å². The van der Waals surface area contributed by atoms with Crippen LogP contribution in [0.5, 0.6) is 0 Å². The van der Waals surface area contributed by atoms with E-state index in [2.05, 4.69) is 51.4 Å². The molecular formula is C27H18ClN3. The Balaban J connectivity index is 1.41. The summed E-state index contributed by atoms with van der Waals surface area (Å²) < 4.78 is 0. The molecule has 0 unspecified atom stereocenters. The molecule has 5 aromatic rings. The van der Waals surface area contributed by atoms with E-state index in [-0.39, 0.29) is 0 Å². The second-order valence-electron chi connectivity index (χ2n) is 7.16. The highest BCUT2D eigenvalue weighted by atomic mass is 35.5.